The summed E-state index contributed by atoms with van der Waals surface area (Å²) in [4.78, 5) is 0. The van der Waals surface area contributed by atoms with Crippen molar-refractivity contribution in [1.29, 1.82) is 0 Å². The number of hydrogen-bond donors (Lipinski definition) is 0. The van der Waals surface area contributed by atoms with E-state index in [2.05, 4.69) is 48.5 Å². The first-order valence-electron chi connectivity index (χ1n) is 8.81. The molecule has 1 nitrogen and oxygen atoms in total. The second-order valence-corrected chi connectivity index (χ2v) is 14.3. The Bertz CT molecular complexity index is 265. The Hall–Kier alpha value is 0.177. The molecule has 0 radical (unpaired) electrons. The maximum atomic E-state index is 6.88. The maximum absolute atomic E-state index is 6.88. The van der Waals surface area contributed by atoms with Crippen LogP contribution in [0.5, 0.6) is 0 Å². The van der Waals surface area contributed by atoms with Gasteiger partial charge in [0.2, 0.25) is 8.32 Å². The number of unbranched alkanes of at least 4 members (excludes halogenated alkanes) is 1. The van der Waals surface area contributed by atoms with Crippen LogP contribution in [0, 0.1) is 0 Å². The lowest BCUT2D eigenvalue weighted by atomic mass is 10.00. The molecule has 2 heteroatoms. The lowest BCUT2D eigenvalue weighted by Gasteiger charge is -2.56. The topological polar surface area (TPSA) is 9.23 Å². The molecule has 0 heterocycles. The molecule has 0 atom stereocenters. The molecule has 0 spiro atoms. The summed E-state index contributed by atoms with van der Waals surface area (Å²) in [7, 11) is -1.84. The van der Waals surface area contributed by atoms with Crippen molar-refractivity contribution < 1.29 is 4.43 Å². The molecular formula is C18H38OSi. The molecular weight excluding hydrogens is 260 g/mol. The van der Waals surface area contributed by atoms with E-state index in [1.807, 2.05) is 0 Å². The van der Waals surface area contributed by atoms with Crippen molar-refractivity contribution in [3.63, 3.8) is 0 Å². The Morgan fingerprint density at radius 1 is 0.900 bits per heavy atom. The monoisotopic (exact) mass is 298 g/mol. The van der Waals surface area contributed by atoms with Gasteiger partial charge in [-0.1, -0.05) is 87.0 Å². The highest BCUT2D eigenvalue weighted by atomic mass is 28.4. The highest BCUT2D eigenvalue weighted by molar-refractivity contribution is 6.80. The van der Waals surface area contributed by atoms with Crippen molar-refractivity contribution >= 4 is 8.32 Å². The van der Waals surface area contributed by atoms with Crippen LogP contribution >= 0.6 is 0 Å². The third kappa shape index (κ3) is 3.68. The Labute approximate surface area is 129 Å². The summed E-state index contributed by atoms with van der Waals surface area (Å²) >= 11 is 0. The van der Waals surface area contributed by atoms with Crippen LogP contribution in [0.4, 0.5) is 0 Å². The van der Waals surface area contributed by atoms with Gasteiger partial charge in [-0.15, -0.1) is 0 Å². The van der Waals surface area contributed by atoms with Crippen LogP contribution in [0.15, 0.2) is 0 Å². The van der Waals surface area contributed by atoms with Gasteiger partial charge in [-0.2, -0.15) is 0 Å². The summed E-state index contributed by atoms with van der Waals surface area (Å²) in [5.41, 5.74) is 0.855. The summed E-state index contributed by atoms with van der Waals surface area (Å²) in [5, 5.41) is 0.641. The Kier molecular flexibility index (Phi) is 6.34. The van der Waals surface area contributed by atoms with E-state index in [9.17, 15) is 0 Å². The third-order valence-electron chi connectivity index (χ3n) is 5.24. The van der Waals surface area contributed by atoms with Gasteiger partial charge in [0.05, 0.1) is 0 Å². The molecule has 0 aromatic rings. The molecule has 1 fully saturated rings. The molecule has 0 amide bonds. The average Bonchev–Trinajstić information content (AvgIpc) is 2.32. The zero-order chi connectivity index (χ0) is 15.4. The largest absolute Gasteiger partial charge is 0.415 e. The fourth-order valence-electron chi connectivity index (χ4n) is 4.79. The second-order valence-electron chi connectivity index (χ2n) is 8.77. The minimum atomic E-state index is -1.84. The van der Waals surface area contributed by atoms with Gasteiger partial charge >= 0.3 is 0 Å². The Morgan fingerprint density at radius 2 is 1.40 bits per heavy atom. The van der Waals surface area contributed by atoms with Gasteiger partial charge in [0.15, 0.2) is 0 Å². The SMILES string of the molecule is CCCCO[Si](C1CCCCC1)(C(C)(C)C)C(C)(C)C. The van der Waals surface area contributed by atoms with Gasteiger partial charge in [0.25, 0.3) is 0 Å². The van der Waals surface area contributed by atoms with Crippen LogP contribution in [0.1, 0.15) is 93.4 Å². The third-order valence-corrected chi connectivity index (χ3v) is 12.1. The Morgan fingerprint density at radius 3 is 1.80 bits per heavy atom. The fourth-order valence-corrected chi connectivity index (χ4v) is 12.3. The van der Waals surface area contributed by atoms with E-state index in [0.29, 0.717) is 10.1 Å². The quantitative estimate of drug-likeness (QED) is 0.406. The lowest BCUT2D eigenvalue weighted by molar-refractivity contribution is 0.230. The molecule has 0 bridgehead atoms. The van der Waals surface area contributed by atoms with E-state index in [0.717, 1.165) is 12.1 Å². The van der Waals surface area contributed by atoms with E-state index >= 15 is 0 Å². The van der Waals surface area contributed by atoms with Crippen molar-refractivity contribution in [2.24, 2.45) is 0 Å². The van der Waals surface area contributed by atoms with Crippen LogP contribution in [0.2, 0.25) is 15.6 Å². The fraction of sp³-hybridized carbons (Fsp3) is 1.00. The molecule has 1 saturated carbocycles. The molecule has 0 unspecified atom stereocenters. The van der Waals surface area contributed by atoms with Crippen LogP contribution in [-0.4, -0.2) is 14.9 Å². The van der Waals surface area contributed by atoms with Gasteiger partial charge < -0.3 is 4.43 Å². The Balaban J connectivity index is 3.11. The van der Waals surface area contributed by atoms with Crippen LogP contribution < -0.4 is 0 Å². The average molecular weight is 299 g/mol. The first kappa shape index (κ1) is 18.2. The normalized spacial score (nSPS) is 19.4. The van der Waals surface area contributed by atoms with Gasteiger partial charge in [-0.25, -0.2) is 0 Å². The summed E-state index contributed by atoms with van der Waals surface area (Å²) < 4.78 is 6.88. The number of rotatable bonds is 5. The van der Waals surface area contributed by atoms with Crippen molar-refractivity contribution in [2.45, 2.75) is 109 Å². The molecule has 1 rings (SSSR count). The molecule has 1 aliphatic carbocycles. The van der Waals surface area contributed by atoms with Crippen molar-refractivity contribution in [2.75, 3.05) is 6.61 Å². The molecule has 120 valence electrons. The lowest BCUT2D eigenvalue weighted by Crippen LogP contribution is -2.58. The molecule has 20 heavy (non-hydrogen) atoms. The van der Waals surface area contributed by atoms with Crippen LogP contribution in [-0.2, 0) is 4.43 Å². The highest BCUT2D eigenvalue weighted by Crippen LogP contribution is 2.60. The van der Waals surface area contributed by atoms with E-state index in [-0.39, 0.29) is 0 Å². The first-order chi connectivity index (χ1) is 9.17. The smallest absolute Gasteiger partial charge is 0.206 e. The van der Waals surface area contributed by atoms with Crippen LogP contribution in [0.3, 0.4) is 0 Å². The number of hydrogen-bond acceptors (Lipinski definition) is 1. The summed E-state index contributed by atoms with van der Waals surface area (Å²) in [6.07, 6.45) is 9.55. The molecule has 1 aliphatic rings. The molecule has 0 aliphatic heterocycles. The molecule has 0 N–H and O–H groups in total. The minimum Gasteiger partial charge on any atom is -0.415 e. The van der Waals surface area contributed by atoms with Crippen molar-refractivity contribution in [3.05, 3.63) is 0 Å². The van der Waals surface area contributed by atoms with Gasteiger partial charge in [0, 0.05) is 6.61 Å². The standard InChI is InChI=1S/C18H38OSi/c1-8-9-15-19-20(17(2,3)4,18(5,6)7)16-13-11-10-12-14-16/h16H,8-15H2,1-7H3. The van der Waals surface area contributed by atoms with Crippen molar-refractivity contribution in [3.8, 4) is 0 Å². The molecule has 0 aromatic heterocycles. The highest BCUT2D eigenvalue weighted by Gasteiger charge is 2.59. The first-order valence-corrected chi connectivity index (χ1v) is 10.8. The second kappa shape index (κ2) is 6.96. The van der Waals surface area contributed by atoms with Gasteiger partial charge in [-0.3, -0.25) is 0 Å². The maximum Gasteiger partial charge on any atom is 0.206 e. The van der Waals surface area contributed by atoms with E-state index in [1.54, 1.807) is 0 Å². The molecule has 0 saturated heterocycles. The van der Waals surface area contributed by atoms with E-state index < -0.39 is 8.32 Å². The van der Waals surface area contributed by atoms with Gasteiger partial charge in [-0.05, 0) is 22.0 Å². The molecule has 0 aromatic carbocycles. The zero-order valence-corrected chi connectivity index (χ0v) is 16.1. The van der Waals surface area contributed by atoms with Crippen molar-refractivity contribution in [1.82, 2.24) is 0 Å². The van der Waals surface area contributed by atoms with Crippen LogP contribution in [0.25, 0.3) is 0 Å². The summed E-state index contributed by atoms with van der Waals surface area (Å²) in [5.74, 6) is 0. The minimum absolute atomic E-state index is 0.320. The predicted molar refractivity (Wildman–Crippen MR) is 92.9 cm³/mol. The van der Waals surface area contributed by atoms with E-state index in [4.69, 9.17) is 4.43 Å². The van der Waals surface area contributed by atoms with Gasteiger partial charge in [0.1, 0.15) is 0 Å². The predicted octanol–water partition coefficient (Wildman–Crippen LogP) is 6.68. The zero-order valence-electron chi connectivity index (χ0n) is 15.1. The summed E-state index contributed by atoms with van der Waals surface area (Å²) in [6, 6.07) is 0. The summed E-state index contributed by atoms with van der Waals surface area (Å²) in [6.45, 7) is 17.9. The van der Waals surface area contributed by atoms with E-state index in [1.165, 1.54) is 44.9 Å².